The number of benzene rings is 3. The lowest BCUT2D eigenvalue weighted by atomic mass is 10.1. The van der Waals surface area contributed by atoms with Crippen LogP contribution in [-0.4, -0.2) is 24.2 Å². The Morgan fingerprint density at radius 2 is 1.17 bits per heavy atom. The number of hydrogen-bond acceptors (Lipinski definition) is 3. The Kier molecular flexibility index (Phi) is 3.71. The summed E-state index contributed by atoms with van der Waals surface area (Å²) >= 11 is 0. The van der Waals surface area contributed by atoms with Gasteiger partial charge in [-0.05, 0) is 17.7 Å². The van der Waals surface area contributed by atoms with E-state index < -0.39 is 0 Å². The van der Waals surface area contributed by atoms with Crippen LogP contribution in [0.3, 0.4) is 0 Å². The van der Waals surface area contributed by atoms with Crippen LogP contribution in [-0.2, 0) is 0 Å². The molecule has 0 radical (unpaired) electrons. The molecular weight excluding hydrogens is 370 g/mol. The first kappa shape index (κ1) is 16.7. The second kappa shape index (κ2) is 6.67. The van der Waals surface area contributed by atoms with Crippen molar-refractivity contribution >= 4 is 11.3 Å². The maximum Gasteiger partial charge on any atom is 0.257 e. The Labute approximate surface area is 172 Å². The molecule has 0 aliphatic rings. The lowest BCUT2D eigenvalue weighted by Crippen LogP contribution is -2.01. The lowest BCUT2D eigenvalue weighted by molar-refractivity contribution is 0.935. The normalized spacial score (nSPS) is 11.3. The smallest absolute Gasteiger partial charge is 0.257 e. The molecular formula is C25H17N5. The highest BCUT2D eigenvalue weighted by Gasteiger charge is 2.18. The number of rotatable bonds is 3. The fourth-order valence-corrected chi connectivity index (χ4v) is 3.84. The minimum absolute atomic E-state index is 0.687. The lowest BCUT2D eigenvalue weighted by Gasteiger charge is -2.09. The summed E-state index contributed by atoms with van der Waals surface area (Å²) in [5.74, 6) is 1.48. The molecule has 0 unspecified atom stereocenters. The maximum atomic E-state index is 4.85. The number of fused-ring (bicyclic) bond motifs is 3. The number of hydrogen-bond donors (Lipinski definition) is 0. The fraction of sp³-hybridized carbons (Fsp3) is 0. The van der Waals surface area contributed by atoms with E-state index in [-0.39, 0.29) is 0 Å². The van der Waals surface area contributed by atoms with E-state index in [1.807, 2.05) is 71.2 Å². The third-order valence-corrected chi connectivity index (χ3v) is 5.27. The van der Waals surface area contributed by atoms with Crippen molar-refractivity contribution in [2.45, 2.75) is 0 Å². The molecule has 30 heavy (non-hydrogen) atoms. The van der Waals surface area contributed by atoms with Crippen LogP contribution in [0.5, 0.6) is 0 Å². The van der Waals surface area contributed by atoms with Crippen molar-refractivity contribution in [1.29, 1.82) is 0 Å². The summed E-state index contributed by atoms with van der Waals surface area (Å²) in [6, 6.07) is 34.9. The average Bonchev–Trinajstić information content (AvgIpc) is 3.45. The predicted molar refractivity (Wildman–Crippen MR) is 118 cm³/mol. The quantitative estimate of drug-likeness (QED) is 0.410. The van der Waals surface area contributed by atoms with Crippen molar-refractivity contribution in [3.05, 3.63) is 103 Å². The predicted octanol–water partition coefficient (Wildman–Crippen LogP) is 5.38. The van der Waals surface area contributed by atoms with Gasteiger partial charge in [0.25, 0.3) is 5.78 Å². The largest absolute Gasteiger partial charge is 0.259 e. The van der Waals surface area contributed by atoms with Crippen LogP contribution >= 0.6 is 0 Å². The molecule has 0 fully saturated rings. The van der Waals surface area contributed by atoms with Crippen LogP contribution in [0.4, 0.5) is 0 Å². The average molecular weight is 387 g/mol. The molecule has 3 aromatic carbocycles. The number of aromatic nitrogens is 5. The highest BCUT2D eigenvalue weighted by Crippen LogP contribution is 2.29. The van der Waals surface area contributed by atoms with Crippen LogP contribution in [0.25, 0.3) is 45.2 Å². The van der Waals surface area contributed by atoms with Gasteiger partial charge in [-0.1, -0.05) is 91.0 Å². The van der Waals surface area contributed by atoms with Crippen LogP contribution in [0, 0.1) is 0 Å². The summed E-state index contributed by atoms with van der Waals surface area (Å²) in [5, 5.41) is 13.9. The minimum atomic E-state index is 0.687. The van der Waals surface area contributed by atoms with Crippen molar-refractivity contribution in [3.63, 3.8) is 0 Å². The van der Waals surface area contributed by atoms with Crippen LogP contribution in [0.15, 0.2) is 103 Å². The third-order valence-electron chi connectivity index (χ3n) is 5.27. The van der Waals surface area contributed by atoms with Gasteiger partial charge in [-0.25, -0.2) is 0 Å². The van der Waals surface area contributed by atoms with E-state index in [1.54, 1.807) is 0 Å². The topological polar surface area (TPSA) is 47.5 Å². The summed E-state index contributed by atoms with van der Waals surface area (Å²) < 4.78 is 3.95. The van der Waals surface area contributed by atoms with Gasteiger partial charge in [-0.15, -0.1) is 10.2 Å². The second-order valence-corrected chi connectivity index (χ2v) is 7.15. The SMILES string of the molecule is c1ccc(-c2cc3cc(-c4ccccc4)n4c(-c5ccccc5)nnc4n3n2)cc1. The zero-order valence-electron chi connectivity index (χ0n) is 16.1. The molecule has 0 aliphatic heterocycles. The van der Waals surface area contributed by atoms with E-state index in [2.05, 4.69) is 51.0 Å². The molecule has 0 saturated heterocycles. The molecule has 3 aromatic heterocycles. The van der Waals surface area contributed by atoms with Gasteiger partial charge in [-0.3, -0.25) is 4.40 Å². The summed E-state index contributed by atoms with van der Waals surface area (Å²) in [7, 11) is 0. The molecule has 142 valence electrons. The zero-order chi connectivity index (χ0) is 19.9. The molecule has 6 aromatic rings. The molecule has 0 amide bonds. The molecule has 0 atom stereocenters. The van der Waals surface area contributed by atoms with E-state index in [1.165, 1.54) is 0 Å². The molecule has 0 saturated carbocycles. The molecule has 0 N–H and O–H groups in total. The van der Waals surface area contributed by atoms with Gasteiger partial charge in [0, 0.05) is 11.1 Å². The zero-order valence-corrected chi connectivity index (χ0v) is 16.1. The molecule has 6 rings (SSSR count). The monoisotopic (exact) mass is 387 g/mol. The summed E-state index contributed by atoms with van der Waals surface area (Å²) in [4.78, 5) is 0. The van der Waals surface area contributed by atoms with Crippen LogP contribution in [0.2, 0.25) is 0 Å². The molecule has 5 nitrogen and oxygen atoms in total. The van der Waals surface area contributed by atoms with Crippen LogP contribution in [0.1, 0.15) is 0 Å². The van der Waals surface area contributed by atoms with Crippen molar-refractivity contribution in [3.8, 4) is 33.9 Å². The molecule has 0 spiro atoms. The first-order valence-corrected chi connectivity index (χ1v) is 9.83. The number of nitrogens with zero attached hydrogens (tertiary/aromatic N) is 5. The van der Waals surface area contributed by atoms with Crippen molar-refractivity contribution < 1.29 is 0 Å². The highest BCUT2D eigenvalue weighted by molar-refractivity contribution is 5.76. The third kappa shape index (κ3) is 2.60. The first-order chi connectivity index (χ1) is 14.9. The van der Waals surface area contributed by atoms with Crippen molar-refractivity contribution in [2.75, 3.05) is 0 Å². The van der Waals surface area contributed by atoms with Gasteiger partial charge in [0.15, 0.2) is 5.82 Å². The van der Waals surface area contributed by atoms with E-state index in [0.29, 0.717) is 5.78 Å². The molecule has 0 aliphatic carbocycles. The van der Waals surface area contributed by atoms with Gasteiger partial charge >= 0.3 is 0 Å². The van der Waals surface area contributed by atoms with E-state index in [9.17, 15) is 0 Å². The molecule has 5 heteroatoms. The van der Waals surface area contributed by atoms with Crippen LogP contribution < -0.4 is 0 Å². The van der Waals surface area contributed by atoms with E-state index >= 15 is 0 Å². The summed E-state index contributed by atoms with van der Waals surface area (Å²) in [6.07, 6.45) is 0. The first-order valence-electron chi connectivity index (χ1n) is 9.83. The van der Waals surface area contributed by atoms with Crippen molar-refractivity contribution in [2.24, 2.45) is 0 Å². The summed E-state index contributed by atoms with van der Waals surface area (Å²) in [6.45, 7) is 0. The Morgan fingerprint density at radius 1 is 0.567 bits per heavy atom. The second-order valence-electron chi connectivity index (χ2n) is 7.15. The minimum Gasteiger partial charge on any atom is -0.259 e. The Hall–Kier alpha value is -4.25. The van der Waals surface area contributed by atoms with E-state index in [0.717, 1.165) is 39.4 Å². The molecule has 0 bridgehead atoms. The van der Waals surface area contributed by atoms with Gasteiger partial charge in [0.2, 0.25) is 0 Å². The van der Waals surface area contributed by atoms with Gasteiger partial charge < -0.3 is 0 Å². The Bertz CT molecular complexity index is 1470. The molecule has 3 heterocycles. The standard InChI is InChI=1S/C25H17N5/c1-4-10-18(11-5-1)22-16-21-17-23(19-12-6-2-7-13-19)29-24(20-14-8-3-9-15-20)26-27-25(29)30(21)28-22/h1-17H. The van der Waals surface area contributed by atoms with Gasteiger partial charge in [0.05, 0.1) is 16.9 Å². The summed E-state index contributed by atoms with van der Waals surface area (Å²) in [5.41, 5.74) is 6.10. The van der Waals surface area contributed by atoms with Gasteiger partial charge in [-0.2, -0.15) is 9.61 Å². The maximum absolute atomic E-state index is 4.85. The Balaban J connectivity index is 1.69. The Morgan fingerprint density at radius 3 is 1.83 bits per heavy atom. The van der Waals surface area contributed by atoms with Gasteiger partial charge in [0.1, 0.15) is 0 Å². The van der Waals surface area contributed by atoms with E-state index in [4.69, 9.17) is 5.10 Å². The van der Waals surface area contributed by atoms with Crippen molar-refractivity contribution in [1.82, 2.24) is 24.2 Å². The fourth-order valence-electron chi connectivity index (χ4n) is 3.84. The highest BCUT2D eigenvalue weighted by atomic mass is 15.4.